The molecule has 0 spiro atoms. The van der Waals surface area contributed by atoms with Crippen molar-refractivity contribution in [1.29, 1.82) is 0 Å². The van der Waals surface area contributed by atoms with Crippen LogP contribution in [0.3, 0.4) is 0 Å². The van der Waals surface area contributed by atoms with Gasteiger partial charge in [-0.25, -0.2) is 4.39 Å². The van der Waals surface area contributed by atoms with Crippen molar-refractivity contribution in [2.75, 3.05) is 11.1 Å². The van der Waals surface area contributed by atoms with Crippen LogP contribution in [0.4, 0.5) is 16.0 Å². The van der Waals surface area contributed by atoms with Gasteiger partial charge in [0.05, 0.1) is 5.69 Å². The van der Waals surface area contributed by atoms with Crippen LogP contribution in [0.5, 0.6) is 0 Å². The summed E-state index contributed by atoms with van der Waals surface area (Å²) in [4.78, 5) is 12.0. The maximum absolute atomic E-state index is 12.7. The van der Waals surface area contributed by atoms with E-state index in [0.717, 1.165) is 0 Å². The molecule has 0 aliphatic carbocycles. The molecule has 0 unspecified atom stereocenters. The first-order valence-electron chi connectivity index (χ1n) is 5.42. The van der Waals surface area contributed by atoms with Gasteiger partial charge >= 0.3 is 0 Å². The standard InChI is InChI=1S/C12H12FN3O2/c1-2-9-10(11(14)18-16-9)12(17)15-8-5-3-7(13)4-6-8/h3-6H,2,14H2,1H3,(H,15,17). The van der Waals surface area contributed by atoms with Crippen molar-refractivity contribution in [3.05, 3.63) is 41.3 Å². The number of rotatable bonds is 3. The molecule has 1 aromatic heterocycles. The van der Waals surface area contributed by atoms with Gasteiger partial charge in [-0.2, -0.15) is 0 Å². The second-order valence-electron chi connectivity index (χ2n) is 3.68. The number of hydrogen-bond donors (Lipinski definition) is 2. The largest absolute Gasteiger partial charge is 0.367 e. The molecule has 0 fully saturated rings. The number of benzene rings is 1. The van der Waals surface area contributed by atoms with E-state index in [0.29, 0.717) is 17.8 Å². The van der Waals surface area contributed by atoms with Crippen LogP contribution in [0, 0.1) is 5.82 Å². The topological polar surface area (TPSA) is 81.2 Å². The van der Waals surface area contributed by atoms with Gasteiger partial charge in [0.2, 0.25) is 5.88 Å². The number of carbonyl (C=O) groups excluding carboxylic acids is 1. The molecule has 18 heavy (non-hydrogen) atoms. The summed E-state index contributed by atoms with van der Waals surface area (Å²) in [6.07, 6.45) is 0.535. The molecule has 0 aliphatic rings. The fourth-order valence-electron chi connectivity index (χ4n) is 1.55. The predicted octanol–water partition coefficient (Wildman–Crippen LogP) is 2.21. The highest BCUT2D eigenvalue weighted by Crippen LogP contribution is 2.19. The van der Waals surface area contributed by atoms with Crippen LogP contribution < -0.4 is 11.1 Å². The van der Waals surface area contributed by atoms with Gasteiger partial charge in [-0.3, -0.25) is 4.79 Å². The number of hydrogen-bond acceptors (Lipinski definition) is 4. The third-order valence-corrected chi connectivity index (χ3v) is 2.45. The lowest BCUT2D eigenvalue weighted by molar-refractivity contribution is 0.102. The van der Waals surface area contributed by atoms with E-state index in [1.807, 2.05) is 6.92 Å². The number of carbonyl (C=O) groups is 1. The smallest absolute Gasteiger partial charge is 0.263 e. The van der Waals surface area contributed by atoms with Gasteiger partial charge in [0.1, 0.15) is 11.4 Å². The van der Waals surface area contributed by atoms with Crippen LogP contribution >= 0.6 is 0 Å². The Morgan fingerprint density at radius 3 is 2.72 bits per heavy atom. The minimum Gasteiger partial charge on any atom is -0.367 e. The first kappa shape index (κ1) is 12.1. The summed E-state index contributed by atoms with van der Waals surface area (Å²) in [5.41, 5.74) is 6.74. The zero-order valence-corrected chi connectivity index (χ0v) is 9.74. The van der Waals surface area contributed by atoms with Crippen molar-refractivity contribution in [2.45, 2.75) is 13.3 Å². The molecule has 3 N–H and O–H groups in total. The summed E-state index contributed by atoms with van der Waals surface area (Å²) in [6, 6.07) is 5.44. The first-order chi connectivity index (χ1) is 8.61. The number of nitrogens with zero attached hydrogens (tertiary/aromatic N) is 1. The van der Waals surface area contributed by atoms with Crippen LogP contribution in [0.15, 0.2) is 28.8 Å². The lowest BCUT2D eigenvalue weighted by Crippen LogP contribution is -2.14. The maximum Gasteiger partial charge on any atom is 0.263 e. The average Bonchev–Trinajstić information content (AvgIpc) is 2.73. The van der Waals surface area contributed by atoms with Crippen molar-refractivity contribution in [3.63, 3.8) is 0 Å². The Morgan fingerprint density at radius 2 is 2.11 bits per heavy atom. The highest BCUT2D eigenvalue weighted by Gasteiger charge is 2.19. The number of amides is 1. The van der Waals surface area contributed by atoms with Crippen molar-refractivity contribution >= 4 is 17.5 Å². The van der Waals surface area contributed by atoms with E-state index >= 15 is 0 Å². The quantitative estimate of drug-likeness (QED) is 0.873. The van der Waals surface area contributed by atoms with E-state index in [-0.39, 0.29) is 17.3 Å². The molecule has 1 heterocycles. The molecule has 1 amide bonds. The van der Waals surface area contributed by atoms with E-state index in [2.05, 4.69) is 10.5 Å². The van der Waals surface area contributed by atoms with Crippen LogP contribution in [0.2, 0.25) is 0 Å². The number of nitrogens with two attached hydrogens (primary N) is 1. The van der Waals surface area contributed by atoms with Gasteiger partial charge in [0, 0.05) is 5.69 Å². The zero-order valence-electron chi connectivity index (χ0n) is 9.74. The van der Waals surface area contributed by atoms with Gasteiger partial charge in [-0.15, -0.1) is 0 Å². The summed E-state index contributed by atoms with van der Waals surface area (Å²) in [7, 11) is 0. The van der Waals surface area contributed by atoms with Crippen molar-refractivity contribution in [2.24, 2.45) is 0 Å². The van der Waals surface area contributed by atoms with Crippen molar-refractivity contribution in [1.82, 2.24) is 5.16 Å². The molecule has 0 aliphatic heterocycles. The molecular weight excluding hydrogens is 237 g/mol. The average molecular weight is 249 g/mol. The number of aromatic nitrogens is 1. The molecule has 0 saturated carbocycles. The van der Waals surface area contributed by atoms with Crippen LogP contribution in [-0.2, 0) is 6.42 Å². The molecule has 1 aromatic carbocycles. The third-order valence-electron chi connectivity index (χ3n) is 2.45. The summed E-state index contributed by atoms with van der Waals surface area (Å²) < 4.78 is 17.5. The second kappa shape index (κ2) is 4.87. The Balaban J connectivity index is 2.21. The maximum atomic E-state index is 12.7. The Hall–Kier alpha value is -2.37. The number of halogens is 1. The monoisotopic (exact) mass is 249 g/mol. The van der Waals surface area contributed by atoms with Crippen LogP contribution in [0.25, 0.3) is 0 Å². The predicted molar refractivity (Wildman–Crippen MR) is 64.6 cm³/mol. The highest BCUT2D eigenvalue weighted by atomic mass is 19.1. The van der Waals surface area contributed by atoms with E-state index < -0.39 is 5.91 Å². The number of anilines is 2. The van der Waals surface area contributed by atoms with Gasteiger partial charge < -0.3 is 15.6 Å². The highest BCUT2D eigenvalue weighted by molar-refractivity contribution is 6.07. The molecule has 0 radical (unpaired) electrons. The molecule has 0 atom stereocenters. The Labute approximate surface area is 103 Å². The van der Waals surface area contributed by atoms with E-state index in [1.165, 1.54) is 24.3 Å². The molecule has 2 aromatic rings. The summed E-state index contributed by atoms with van der Waals surface area (Å²) >= 11 is 0. The lowest BCUT2D eigenvalue weighted by Gasteiger charge is -2.04. The number of aryl methyl sites for hydroxylation is 1. The molecule has 2 rings (SSSR count). The van der Waals surface area contributed by atoms with E-state index in [9.17, 15) is 9.18 Å². The van der Waals surface area contributed by atoms with Crippen molar-refractivity contribution < 1.29 is 13.7 Å². The molecule has 0 bridgehead atoms. The SMILES string of the molecule is CCc1noc(N)c1C(=O)Nc1ccc(F)cc1. The molecule has 5 nitrogen and oxygen atoms in total. The first-order valence-corrected chi connectivity index (χ1v) is 5.42. The summed E-state index contributed by atoms with van der Waals surface area (Å²) in [5.74, 6) is -0.810. The van der Waals surface area contributed by atoms with E-state index in [4.69, 9.17) is 10.3 Å². The molecule has 94 valence electrons. The van der Waals surface area contributed by atoms with Crippen molar-refractivity contribution in [3.8, 4) is 0 Å². The van der Waals surface area contributed by atoms with Gasteiger partial charge in [0.25, 0.3) is 5.91 Å². The summed E-state index contributed by atoms with van der Waals surface area (Å²) in [5, 5.41) is 6.29. The van der Waals surface area contributed by atoms with E-state index in [1.54, 1.807) is 0 Å². The lowest BCUT2D eigenvalue weighted by atomic mass is 10.2. The molecule has 6 heteroatoms. The second-order valence-corrected chi connectivity index (χ2v) is 3.68. The fraction of sp³-hybridized carbons (Fsp3) is 0.167. The number of nitrogens with one attached hydrogen (secondary N) is 1. The minimum absolute atomic E-state index is 0.0218. The molecule has 0 saturated heterocycles. The molecular formula is C12H12FN3O2. The Kier molecular flexibility index (Phi) is 3.27. The van der Waals surface area contributed by atoms with Crippen LogP contribution in [-0.4, -0.2) is 11.1 Å². The van der Waals surface area contributed by atoms with Crippen LogP contribution in [0.1, 0.15) is 23.0 Å². The summed E-state index contributed by atoms with van der Waals surface area (Å²) in [6.45, 7) is 1.84. The minimum atomic E-state index is -0.419. The van der Waals surface area contributed by atoms with Gasteiger partial charge in [0.15, 0.2) is 0 Å². The fourth-order valence-corrected chi connectivity index (χ4v) is 1.55. The zero-order chi connectivity index (χ0) is 13.1. The Bertz CT molecular complexity index is 563. The third kappa shape index (κ3) is 2.32. The van der Waals surface area contributed by atoms with Gasteiger partial charge in [-0.05, 0) is 30.7 Å². The van der Waals surface area contributed by atoms with Gasteiger partial charge in [-0.1, -0.05) is 12.1 Å². The number of nitrogen functional groups attached to an aromatic ring is 1. The Morgan fingerprint density at radius 1 is 1.44 bits per heavy atom. The normalized spacial score (nSPS) is 10.3.